The van der Waals surface area contributed by atoms with Gasteiger partial charge in [0.05, 0.1) is 30.0 Å². The van der Waals surface area contributed by atoms with E-state index in [1.807, 2.05) is 91.0 Å². The molecule has 2 N–H and O–H groups in total. The fourth-order valence-corrected chi connectivity index (χ4v) is 10.2. The number of aliphatic hydroxyl groups is 1. The summed E-state index contributed by atoms with van der Waals surface area (Å²) in [6.07, 6.45) is -0.0730. The summed E-state index contributed by atoms with van der Waals surface area (Å²) in [6.45, 7) is 2.01. The van der Waals surface area contributed by atoms with Crippen LogP contribution in [0.3, 0.4) is 0 Å². The third-order valence-corrected chi connectivity index (χ3v) is 12.2. The van der Waals surface area contributed by atoms with E-state index in [1.54, 1.807) is 0 Å². The van der Waals surface area contributed by atoms with Gasteiger partial charge in [0.15, 0.2) is 5.78 Å². The van der Waals surface area contributed by atoms with Gasteiger partial charge in [0.2, 0.25) is 11.5 Å². The highest BCUT2D eigenvalue weighted by Gasteiger charge is 2.55. The van der Waals surface area contributed by atoms with Crippen LogP contribution in [0.25, 0.3) is 0 Å². The summed E-state index contributed by atoms with van der Waals surface area (Å²) in [6, 6.07) is 33.3. The van der Waals surface area contributed by atoms with Gasteiger partial charge in [-0.2, -0.15) is 0 Å². The van der Waals surface area contributed by atoms with E-state index in [0.29, 0.717) is 0 Å². The second-order valence-electron chi connectivity index (χ2n) is 11.0. The lowest BCUT2D eigenvalue weighted by atomic mass is 9.80. The standard InChI is InChI=1S/C37H34NO7P/c1-3-14-33(41)45-37(38-31(34(25(2)39)35(38)42)24-32(40)26-15-13-16-27(23-26)36(43)44)46(28-17-7-4-8-18-28,29-19-9-5-10-20-29)30-21-11-6-12-22-30/h3-13,15-23,25,31,34,39H,1,14,24H2,2H3,(H,43,44)/t25-,31-,34-/m1/s1. The Balaban J connectivity index is 1.82. The highest BCUT2D eigenvalue weighted by atomic mass is 31.2. The Hall–Kier alpha value is -5.04. The second kappa shape index (κ2) is 13.9. The molecule has 4 aromatic rings. The number of hydrogen-bond donors (Lipinski definition) is 2. The number of carbonyl (C=O) groups is 4. The van der Waals surface area contributed by atoms with Crippen LogP contribution in [0.1, 0.15) is 40.5 Å². The molecule has 46 heavy (non-hydrogen) atoms. The molecule has 1 amide bonds. The maximum Gasteiger partial charge on any atom is 0.335 e. The average molecular weight is 636 g/mol. The van der Waals surface area contributed by atoms with Crippen LogP contribution in [-0.4, -0.2) is 56.5 Å². The first kappa shape index (κ1) is 32.4. The molecule has 8 nitrogen and oxygen atoms in total. The molecule has 3 atom stereocenters. The third-order valence-electron chi connectivity index (χ3n) is 8.05. The van der Waals surface area contributed by atoms with Crippen LogP contribution in [0.15, 0.2) is 128 Å². The topological polar surface area (TPSA) is 121 Å². The summed E-state index contributed by atoms with van der Waals surface area (Å²) in [5.74, 6) is -3.68. The van der Waals surface area contributed by atoms with E-state index in [9.17, 15) is 29.4 Å². The minimum Gasteiger partial charge on any atom is -0.478 e. The van der Waals surface area contributed by atoms with E-state index < -0.39 is 48.6 Å². The van der Waals surface area contributed by atoms with E-state index >= 15 is 0 Å². The van der Waals surface area contributed by atoms with Crippen molar-refractivity contribution in [3.05, 3.63) is 139 Å². The number of carboxylic acids is 1. The highest BCUT2D eigenvalue weighted by Crippen LogP contribution is 2.50. The lowest BCUT2D eigenvalue weighted by Gasteiger charge is -2.50. The van der Waals surface area contributed by atoms with Crippen LogP contribution in [0.2, 0.25) is 0 Å². The Labute approximate surface area is 267 Å². The zero-order valence-corrected chi connectivity index (χ0v) is 26.1. The van der Waals surface area contributed by atoms with Gasteiger partial charge in [-0.15, -0.1) is 6.58 Å². The van der Waals surface area contributed by atoms with Crippen molar-refractivity contribution >= 4 is 52.0 Å². The van der Waals surface area contributed by atoms with E-state index in [-0.39, 0.29) is 29.6 Å². The normalized spacial score (nSPS) is 16.6. The summed E-state index contributed by atoms with van der Waals surface area (Å²) in [5, 5.41) is 22.7. The lowest BCUT2D eigenvalue weighted by molar-refractivity contribution is -0.157. The number of benzene rings is 4. The zero-order chi connectivity index (χ0) is 32.8. The van der Waals surface area contributed by atoms with Gasteiger partial charge in [0.25, 0.3) is 0 Å². The molecule has 0 aromatic heterocycles. The summed E-state index contributed by atoms with van der Waals surface area (Å²) < 4.78 is 6.28. The molecule has 0 spiro atoms. The maximum absolute atomic E-state index is 14.2. The summed E-state index contributed by atoms with van der Waals surface area (Å²) >= 11 is 0. The summed E-state index contributed by atoms with van der Waals surface area (Å²) in [7, 11) is 0. The fourth-order valence-electron chi connectivity index (χ4n) is 5.96. The Bertz CT molecular complexity index is 1720. The van der Waals surface area contributed by atoms with Gasteiger partial charge in [-0.05, 0) is 35.0 Å². The molecule has 1 saturated heterocycles. The van der Waals surface area contributed by atoms with Crippen molar-refractivity contribution < 1.29 is 34.1 Å². The Morgan fingerprint density at radius 2 is 1.35 bits per heavy atom. The van der Waals surface area contributed by atoms with E-state index in [1.165, 1.54) is 42.2 Å². The van der Waals surface area contributed by atoms with E-state index in [0.717, 1.165) is 15.9 Å². The first-order valence-corrected chi connectivity index (χ1v) is 16.6. The van der Waals surface area contributed by atoms with Crippen molar-refractivity contribution in [1.29, 1.82) is 0 Å². The minimum absolute atomic E-state index is 0.0488. The number of esters is 1. The van der Waals surface area contributed by atoms with Gasteiger partial charge in [-0.1, -0.05) is 109 Å². The van der Waals surface area contributed by atoms with Gasteiger partial charge < -0.3 is 14.9 Å². The van der Waals surface area contributed by atoms with Gasteiger partial charge in [-0.25, -0.2) is 4.79 Å². The van der Waals surface area contributed by atoms with Crippen LogP contribution < -0.4 is 15.9 Å². The number of aromatic carboxylic acids is 1. The average Bonchev–Trinajstić information content (AvgIpc) is 3.06. The molecule has 4 aromatic carbocycles. The molecule has 9 heteroatoms. The van der Waals surface area contributed by atoms with Crippen molar-refractivity contribution in [3.8, 4) is 0 Å². The predicted octanol–water partition coefficient (Wildman–Crippen LogP) is 4.37. The minimum atomic E-state index is -3.16. The largest absolute Gasteiger partial charge is 0.478 e. The number of hydrogen-bond acceptors (Lipinski definition) is 6. The molecule has 0 bridgehead atoms. The van der Waals surface area contributed by atoms with Gasteiger partial charge in [0, 0.05) is 18.9 Å². The van der Waals surface area contributed by atoms with Gasteiger partial charge in [0.1, 0.15) is 0 Å². The first-order valence-electron chi connectivity index (χ1n) is 14.8. The number of Topliss-reactive ketones (excluding diaryl/α,β-unsaturated/α-hetero) is 1. The summed E-state index contributed by atoms with van der Waals surface area (Å²) in [5.41, 5.74) is 0.193. The van der Waals surface area contributed by atoms with Crippen LogP contribution in [0, 0.1) is 5.92 Å². The molecule has 1 aliphatic rings. The molecule has 0 unspecified atom stereocenters. The molecule has 234 valence electrons. The molecule has 0 aliphatic carbocycles. The smallest absolute Gasteiger partial charge is 0.335 e. The van der Waals surface area contributed by atoms with Gasteiger partial charge in [-0.3, -0.25) is 19.3 Å². The zero-order valence-electron chi connectivity index (χ0n) is 25.2. The fraction of sp³-hybridized carbons (Fsp3) is 0.162. The molecule has 5 rings (SSSR count). The quantitative estimate of drug-likeness (QED) is 0.0780. The van der Waals surface area contributed by atoms with Crippen molar-refractivity contribution in [2.45, 2.75) is 31.9 Å². The number of carboxylic acid groups (broad SMARTS) is 1. The molecule has 1 heterocycles. The number of ether oxygens (including phenoxy) is 1. The third kappa shape index (κ3) is 6.10. The van der Waals surface area contributed by atoms with Gasteiger partial charge >= 0.3 is 11.9 Å². The number of carbonyl (C=O) groups excluding carboxylic acids is 3. The second-order valence-corrected chi connectivity index (χ2v) is 14.3. The van der Waals surface area contributed by atoms with Crippen molar-refractivity contribution in [2.24, 2.45) is 5.92 Å². The molecular weight excluding hydrogens is 601 g/mol. The van der Waals surface area contributed by atoms with Crippen molar-refractivity contribution in [2.75, 3.05) is 0 Å². The number of aliphatic hydroxyl groups excluding tert-OH is 1. The number of ketones is 1. The summed E-state index contributed by atoms with van der Waals surface area (Å²) in [4.78, 5) is 54.3. The maximum atomic E-state index is 14.2. The number of nitrogens with zero attached hydrogens (tertiary/aromatic N) is 1. The van der Waals surface area contributed by atoms with Crippen LogP contribution >= 0.6 is 6.89 Å². The Morgan fingerprint density at radius 1 is 0.848 bits per heavy atom. The lowest BCUT2D eigenvalue weighted by Crippen LogP contribution is -2.67. The first-order chi connectivity index (χ1) is 22.2. The number of likely N-dealkylation sites (tertiary alicyclic amines) is 1. The van der Waals surface area contributed by atoms with Crippen molar-refractivity contribution in [3.63, 3.8) is 0 Å². The van der Waals surface area contributed by atoms with E-state index in [2.05, 4.69) is 6.58 Å². The molecule has 0 radical (unpaired) electrons. The van der Waals surface area contributed by atoms with Crippen molar-refractivity contribution in [1.82, 2.24) is 4.90 Å². The molecule has 1 fully saturated rings. The SMILES string of the molecule is C=CCC(=O)OC(N1C(=O)[C@H]([C@@H](C)O)[C@H]1CC(=O)c1cccc(C(=O)O)c1)=P(c1ccccc1)(c1ccccc1)c1ccccc1. The predicted molar refractivity (Wildman–Crippen MR) is 179 cm³/mol. The van der Waals surface area contributed by atoms with E-state index in [4.69, 9.17) is 4.74 Å². The number of amides is 1. The van der Waals surface area contributed by atoms with Crippen LogP contribution in [0.5, 0.6) is 0 Å². The molecule has 0 saturated carbocycles. The highest BCUT2D eigenvalue weighted by molar-refractivity contribution is 7.95. The van der Waals surface area contributed by atoms with Crippen LogP contribution in [-0.2, 0) is 14.3 Å². The monoisotopic (exact) mass is 635 g/mol. The Kier molecular flexibility index (Phi) is 9.81. The number of β-lactam (4-membered cyclic amide) rings is 1. The number of rotatable bonds is 12. The molecule has 1 aliphatic heterocycles. The molecular formula is C37H34NO7P. The Morgan fingerprint density at radius 3 is 1.80 bits per heavy atom. The van der Waals surface area contributed by atoms with Crippen LogP contribution in [0.4, 0.5) is 0 Å².